The predicted octanol–water partition coefficient (Wildman–Crippen LogP) is 2.74. The Balaban J connectivity index is 1.53. The van der Waals surface area contributed by atoms with Gasteiger partial charge in [0.05, 0.1) is 25.8 Å². The molecule has 0 aromatic heterocycles. The van der Waals surface area contributed by atoms with Crippen molar-refractivity contribution in [3.05, 3.63) is 59.7 Å². The average molecular weight is 380 g/mol. The molecule has 6 nitrogen and oxygen atoms in total. The molecule has 2 fully saturated rings. The summed E-state index contributed by atoms with van der Waals surface area (Å²) in [6, 6.07) is 14.5. The number of nitrogens with zero attached hydrogens (tertiary/aromatic N) is 1. The van der Waals surface area contributed by atoms with Gasteiger partial charge in [0.2, 0.25) is 0 Å². The highest BCUT2D eigenvalue weighted by atomic mass is 16.5. The molecule has 1 saturated carbocycles. The van der Waals surface area contributed by atoms with Crippen LogP contribution in [0.3, 0.4) is 0 Å². The smallest absolute Gasteiger partial charge is 0.258 e. The average Bonchev–Trinajstić information content (AvgIpc) is 3.33. The minimum Gasteiger partial charge on any atom is -0.493 e. The minimum atomic E-state index is -0.0930. The Kier molecular flexibility index (Phi) is 4.94. The largest absolute Gasteiger partial charge is 0.493 e. The van der Waals surface area contributed by atoms with Gasteiger partial charge in [-0.15, -0.1) is 0 Å². The molecule has 2 aromatic rings. The number of nitrogens with one attached hydrogen (secondary N) is 1. The molecular weight excluding hydrogens is 356 g/mol. The number of benzene rings is 2. The third-order valence-electron chi connectivity index (χ3n) is 5.73. The van der Waals surface area contributed by atoms with Crippen LogP contribution in [0.1, 0.15) is 33.6 Å². The zero-order valence-corrected chi connectivity index (χ0v) is 16.1. The molecule has 0 spiro atoms. The van der Waals surface area contributed by atoms with Crippen LogP contribution >= 0.6 is 0 Å². The SMILES string of the molecule is COc1cccc(C(=O)N2C[C@@H]3C[C@H](NC(=O)c4ccccc4)[C@H]2C3)c1OC. The summed E-state index contributed by atoms with van der Waals surface area (Å²) in [6.07, 6.45) is 1.82. The maximum Gasteiger partial charge on any atom is 0.258 e. The van der Waals surface area contributed by atoms with Crippen LogP contribution in [0.4, 0.5) is 0 Å². The lowest BCUT2D eigenvalue weighted by Crippen LogP contribution is -2.52. The number of ether oxygens (including phenoxy) is 2. The summed E-state index contributed by atoms with van der Waals surface area (Å²) < 4.78 is 10.8. The molecule has 1 aliphatic carbocycles. The van der Waals surface area contributed by atoms with Gasteiger partial charge in [0, 0.05) is 18.2 Å². The minimum absolute atomic E-state index is 0.000990. The molecule has 28 heavy (non-hydrogen) atoms. The molecule has 3 atom stereocenters. The topological polar surface area (TPSA) is 67.9 Å². The third-order valence-corrected chi connectivity index (χ3v) is 5.73. The Morgan fingerprint density at radius 2 is 1.79 bits per heavy atom. The van der Waals surface area contributed by atoms with Crippen molar-refractivity contribution in [3.63, 3.8) is 0 Å². The summed E-state index contributed by atoms with van der Waals surface area (Å²) in [6.45, 7) is 0.710. The predicted molar refractivity (Wildman–Crippen MR) is 105 cm³/mol. The molecule has 2 aromatic carbocycles. The number of hydrogen-bond donors (Lipinski definition) is 1. The number of likely N-dealkylation sites (tertiary alicyclic amines) is 1. The van der Waals surface area contributed by atoms with E-state index in [4.69, 9.17) is 9.47 Å². The number of amides is 2. The quantitative estimate of drug-likeness (QED) is 0.866. The van der Waals surface area contributed by atoms with Crippen molar-refractivity contribution < 1.29 is 19.1 Å². The highest BCUT2D eigenvalue weighted by Crippen LogP contribution is 2.40. The Morgan fingerprint density at radius 3 is 2.46 bits per heavy atom. The van der Waals surface area contributed by atoms with E-state index in [9.17, 15) is 9.59 Å². The molecule has 1 heterocycles. The van der Waals surface area contributed by atoms with E-state index < -0.39 is 0 Å². The first-order valence-electron chi connectivity index (χ1n) is 9.50. The summed E-state index contributed by atoms with van der Waals surface area (Å²) in [4.78, 5) is 27.7. The standard InChI is InChI=1S/C22H24N2O4/c1-27-19-10-6-9-16(20(19)28-2)22(26)24-13-14-11-17(18(24)12-14)23-21(25)15-7-4-3-5-8-15/h3-10,14,17-18H,11-13H2,1-2H3,(H,23,25)/t14-,17+,18-/m1/s1. The highest BCUT2D eigenvalue weighted by molar-refractivity contribution is 5.98. The van der Waals surface area contributed by atoms with E-state index in [1.54, 1.807) is 37.4 Å². The van der Waals surface area contributed by atoms with Crippen molar-refractivity contribution in [3.8, 4) is 11.5 Å². The maximum atomic E-state index is 13.3. The van der Waals surface area contributed by atoms with Gasteiger partial charge in [0.1, 0.15) is 0 Å². The second-order valence-corrected chi connectivity index (χ2v) is 7.35. The number of carbonyl (C=O) groups is 2. The van der Waals surface area contributed by atoms with Gasteiger partial charge in [0.15, 0.2) is 11.5 Å². The number of para-hydroxylation sites is 1. The van der Waals surface area contributed by atoms with Gasteiger partial charge in [-0.25, -0.2) is 0 Å². The van der Waals surface area contributed by atoms with Gasteiger partial charge in [-0.3, -0.25) is 9.59 Å². The number of methoxy groups -OCH3 is 2. The first-order valence-corrected chi connectivity index (χ1v) is 9.50. The summed E-state index contributed by atoms with van der Waals surface area (Å²) in [7, 11) is 3.09. The molecule has 2 amide bonds. The van der Waals surface area contributed by atoms with E-state index in [2.05, 4.69) is 5.32 Å². The van der Waals surface area contributed by atoms with Crippen molar-refractivity contribution in [2.75, 3.05) is 20.8 Å². The molecule has 6 heteroatoms. The molecule has 2 aliphatic rings. The summed E-state index contributed by atoms with van der Waals surface area (Å²) >= 11 is 0. The van der Waals surface area contributed by atoms with Crippen LogP contribution in [0.5, 0.6) is 11.5 Å². The van der Waals surface area contributed by atoms with Crippen LogP contribution in [0.2, 0.25) is 0 Å². The van der Waals surface area contributed by atoms with Crippen LogP contribution in [-0.4, -0.2) is 49.6 Å². The molecule has 2 bridgehead atoms. The highest BCUT2D eigenvalue weighted by Gasteiger charge is 2.48. The second kappa shape index (κ2) is 7.54. The number of fused-ring (bicyclic) bond motifs is 2. The fourth-order valence-electron chi connectivity index (χ4n) is 4.47. The number of hydrogen-bond acceptors (Lipinski definition) is 4. The van der Waals surface area contributed by atoms with Gasteiger partial charge in [0.25, 0.3) is 11.8 Å². The van der Waals surface area contributed by atoms with E-state index in [1.165, 1.54) is 7.11 Å². The van der Waals surface area contributed by atoms with Gasteiger partial charge in [-0.2, -0.15) is 0 Å². The molecule has 1 saturated heterocycles. The van der Waals surface area contributed by atoms with E-state index in [0.717, 1.165) is 12.8 Å². The van der Waals surface area contributed by atoms with Crippen molar-refractivity contribution in [2.45, 2.75) is 24.9 Å². The maximum absolute atomic E-state index is 13.3. The molecule has 1 N–H and O–H groups in total. The Bertz CT molecular complexity index is 883. The van der Waals surface area contributed by atoms with Crippen LogP contribution in [0, 0.1) is 5.92 Å². The molecular formula is C22H24N2O4. The summed E-state index contributed by atoms with van der Waals surface area (Å²) in [5.74, 6) is 1.22. The fraction of sp³-hybridized carbons (Fsp3) is 0.364. The first kappa shape index (κ1) is 18.3. The lowest BCUT2D eigenvalue weighted by molar-refractivity contribution is 0.0645. The van der Waals surface area contributed by atoms with Crippen LogP contribution in [0.15, 0.2) is 48.5 Å². The van der Waals surface area contributed by atoms with E-state index in [0.29, 0.717) is 35.1 Å². The van der Waals surface area contributed by atoms with Crippen molar-refractivity contribution >= 4 is 11.8 Å². The van der Waals surface area contributed by atoms with Crippen molar-refractivity contribution in [2.24, 2.45) is 5.92 Å². The molecule has 4 rings (SSSR count). The van der Waals surface area contributed by atoms with Crippen LogP contribution in [-0.2, 0) is 0 Å². The first-order chi connectivity index (χ1) is 13.6. The fourth-order valence-corrected chi connectivity index (χ4v) is 4.47. The molecule has 0 unspecified atom stereocenters. The lowest BCUT2D eigenvalue weighted by Gasteiger charge is -2.34. The zero-order valence-electron chi connectivity index (χ0n) is 16.1. The monoisotopic (exact) mass is 380 g/mol. The van der Waals surface area contributed by atoms with Gasteiger partial charge in [-0.1, -0.05) is 24.3 Å². The van der Waals surface area contributed by atoms with Crippen LogP contribution in [0.25, 0.3) is 0 Å². The van der Waals surface area contributed by atoms with E-state index >= 15 is 0 Å². The normalized spacial score (nSPS) is 22.8. The Morgan fingerprint density at radius 1 is 1.00 bits per heavy atom. The molecule has 1 aliphatic heterocycles. The van der Waals surface area contributed by atoms with Gasteiger partial charge >= 0.3 is 0 Å². The molecule has 146 valence electrons. The van der Waals surface area contributed by atoms with Crippen LogP contribution < -0.4 is 14.8 Å². The Labute approximate surface area is 164 Å². The number of carbonyl (C=O) groups excluding carboxylic acids is 2. The van der Waals surface area contributed by atoms with Crippen molar-refractivity contribution in [1.82, 2.24) is 10.2 Å². The van der Waals surface area contributed by atoms with Gasteiger partial charge < -0.3 is 19.7 Å². The van der Waals surface area contributed by atoms with E-state index in [1.807, 2.05) is 23.1 Å². The lowest BCUT2D eigenvalue weighted by atomic mass is 10.0. The second-order valence-electron chi connectivity index (χ2n) is 7.35. The third kappa shape index (κ3) is 3.19. The Hall–Kier alpha value is -3.02. The number of rotatable bonds is 5. The zero-order chi connectivity index (χ0) is 19.7. The summed E-state index contributed by atoms with van der Waals surface area (Å²) in [5.41, 5.74) is 1.13. The summed E-state index contributed by atoms with van der Waals surface area (Å²) in [5, 5.41) is 3.13. The number of piperidine rings is 1. The van der Waals surface area contributed by atoms with Crippen molar-refractivity contribution in [1.29, 1.82) is 0 Å². The van der Waals surface area contributed by atoms with E-state index in [-0.39, 0.29) is 23.9 Å². The van der Waals surface area contributed by atoms with Gasteiger partial charge in [-0.05, 0) is 43.0 Å². The molecule has 0 radical (unpaired) electrons.